The summed E-state index contributed by atoms with van der Waals surface area (Å²) >= 11 is 0. The molecule has 0 fully saturated rings. The van der Waals surface area contributed by atoms with Crippen molar-refractivity contribution in [3.8, 4) is 0 Å². The Balaban J connectivity index is 2.31. The van der Waals surface area contributed by atoms with E-state index in [-0.39, 0.29) is 10.6 Å². The molecule has 0 saturated carbocycles. The van der Waals surface area contributed by atoms with Gasteiger partial charge in [-0.05, 0) is 12.5 Å². The molecule has 19 heavy (non-hydrogen) atoms. The Morgan fingerprint density at radius 3 is 2.63 bits per heavy atom. The van der Waals surface area contributed by atoms with Crippen LogP contribution in [0.1, 0.15) is 16.8 Å². The Morgan fingerprint density at radius 2 is 2.11 bits per heavy atom. The zero-order valence-corrected chi connectivity index (χ0v) is 10.9. The first kappa shape index (κ1) is 13.0. The zero-order chi connectivity index (χ0) is 13.8. The topological polar surface area (TPSA) is 61.0 Å². The predicted octanol–water partition coefficient (Wildman–Crippen LogP) is 2.59. The summed E-state index contributed by atoms with van der Waals surface area (Å²) in [6.45, 7) is 1.84. The molecule has 2 rings (SSSR count). The number of nitro groups is 1. The summed E-state index contributed by atoms with van der Waals surface area (Å²) in [5.41, 5.74) is 2.66. The number of aryl methyl sites for hydroxylation is 2. The molecule has 0 bridgehead atoms. The van der Waals surface area contributed by atoms with E-state index in [1.807, 2.05) is 37.3 Å². The van der Waals surface area contributed by atoms with Crippen LogP contribution in [0.25, 0.3) is 6.08 Å². The average molecular weight is 257 g/mol. The van der Waals surface area contributed by atoms with E-state index in [0.717, 1.165) is 16.8 Å². The van der Waals surface area contributed by atoms with Crippen molar-refractivity contribution in [2.75, 3.05) is 0 Å². The minimum absolute atomic E-state index is 0.169. The van der Waals surface area contributed by atoms with Crippen LogP contribution in [-0.2, 0) is 13.5 Å². The van der Waals surface area contributed by atoms with Gasteiger partial charge < -0.3 is 0 Å². The van der Waals surface area contributed by atoms with E-state index in [9.17, 15) is 10.1 Å². The second-order valence-electron chi connectivity index (χ2n) is 4.40. The molecule has 0 radical (unpaired) electrons. The fraction of sp³-hybridized carbons (Fsp3) is 0.214. The number of aromatic nitrogens is 2. The Labute approximate surface area is 111 Å². The van der Waals surface area contributed by atoms with Crippen molar-refractivity contribution in [3.05, 3.63) is 69.2 Å². The SMILES string of the molecule is Cc1nn(C)cc1/C=C(/Cc1ccccc1)[N+](=O)[O-]. The molecule has 0 aliphatic carbocycles. The van der Waals surface area contributed by atoms with Crippen molar-refractivity contribution in [1.82, 2.24) is 9.78 Å². The maximum atomic E-state index is 11.1. The molecule has 98 valence electrons. The van der Waals surface area contributed by atoms with E-state index in [1.165, 1.54) is 0 Å². The predicted molar refractivity (Wildman–Crippen MR) is 73.1 cm³/mol. The van der Waals surface area contributed by atoms with E-state index in [0.29, 0.717) is 6.42 Å². The summed E-state index contributed by atoms with van der Waals surface area (Å²) in [4.78, 5) is 10.8. The fourth-order valence-corrected chi connectivity index (χ4v) is 1.91. The van der Waals surface area contributed by atoms with E-state index in [4.69, 9.17) is 0 Å². The van der Waals surface area contributed by atoms with Crippen LogP contribution in [0.5, 0.6) is 0 Å². The Hall–Kier alpha value is -2.43. The molecule has 1 aromatic heterocycles. The molecule has 1 aromatic carbocycles. The smallest absolute Gasteiger partial charge is 0.251 e. The highest BCUT2D eigenvalue weighted by Crippen LogP contribution is 2.15. The summed E-state index contributed by atoms with van der Waals surface area (Å²) in [6.07, 6.45) is 3.68. The maximum absolute atomic E-state index is 11.1. The van der Waals surface area contributed by atoms with Gasteiger partial charge in [-0.3, -0.25) is 14.8 Å². The van der Waals surface area contributed by atoms with Gasteiger partial charge in [-0.15, -0.1) is 0 Å². The van der Waals surface area contributed by atoms with Crippen LogP contribution in [-0.4, -0.2) is 14.7 Å². The summed E-state index contributed by atoms with van der Waals surface area (Å²) in [7, 11) is 1.80. The lowest BCUT2D eigenvalue weighted by atomic mass is 10.1. The van der Waals surface area contributed by atoms with E-state index < -0.39 is 0 Å². The van der Waals surface area contributed by atoms with Crippen LogP contribution in [0.15, 0.2) is 42.2 Å². The normalized spacial score (nSPS) is 11.6. The van der Waals surface area contributed by atoms with E-state index >= 15 is 0 Å². The van der Waals surface area contributed by atoms with Crippen molar-refractivity contribution < 1.29 is 4.92 Å². The third-order valence-electron chi connectivity index (χ3n) is 2.84. The molecule has 0 amide bonds. The van der Waals surface area contributed by atoms with Crippen LogP contribution in [0.4, 0.5) is 0 Å². The van der Waals surface area contributed by atoms with Crippen LogP contribution in [0.3, 0.4) is 0 Å². The molecule has 0 N–H and O–H groups in total. The third kappa shape index (κ3) is 3.28. The Kier molecular flexibility index (Phi) is 3.75. The first-order valence-corrected chi connectivity index (χ1v) is 5.95. The second kappa shape index (κ2) is 5.48. The minimum atomic E-state index is -0.334. The van der Waals surface area contributed by atoms with Gasteiger partial charge in [0.1, 0.15) is 0 Å². The monoisotopic (exact) mass is 257 g/mol. The summed E-state index contributed by atoms with van der Waals surface area (Å²) in [5.74, 6) is 0. The molecule has 5 nitrogen and oxygen atoms in total. The molecular formula is C14H15N3O2. The number of rotatable bonds is 4. The second-order valence-corrected chi connectivity index (χ2v) is 4.40. The van der Waals surface area contributed by atoms with Crippen molar-refractivity contribution in [2.24, 2.45) is 7.05 Å². The van der Waals surface area contributed by atoms with Crippen molar-refractivity contribution in [2.45, 2.75) is 13.3 Å². The van der Waals surface area contributed by atoms with Gasteiger partial charge in [-0.25, -0.2) is 0 Å². The molecule has 0 atom stereocenters. The van der Waals surface area contributed by atoms with Gasteiger partial charge in [0.25, 0.3) is 5.70 Å². The van der Waals surface area contributed by atoms with Gasteiger partial charge in [-0.1, -0.05) is 30.3 Å². The number of hydrogen-bond donors (Lipinski definition) is 0. The van der Waals surface area contributed by atoms with Gasteiger partial charge in [0, 0.05) is 24.9 Å². The summed E-state index contributed by atoms with van der Waals surface area (Å²) < 4.78 is 1.65. The Morgan fingerprint density at radius 1 is 1.42 bits per heavy atom. The van der Waals surface area contributed by atoms with Crippen LogP contribution >= 0.6 is 0 Å². The van der Waals surface area contributed by atoms with Crippen molar-refractivity contribution in [3.63, 3.8) is 0 Å². The Bertz CT molecular complexity index is 615. The number of nitrogens with zero attached hydrogens (tertiary/aromatic N) is 3. The van der Waals surface area contributed by atoms with Crippen LogP contribution < -0.4 is 0 Å². The fourth-order valence-electron chi connectivity index (χ4n) is 1.91. The quantitative estimate of drug-likeness (QED) is 0.624. The molecule has 0 aliphatic heterocycles. The number of benzene rings is 1. The summed E-state index contributed by atoms with van der Waals surface area (Å²) in [6, 6.07) is 9.41. The largest absolute Gasteiger partial charge is 0.275 e. The van der Waals surface area contributed by atoms with Crippen LogP contribution in [0.2, 0.25) is 0 Å². The zero-order valence-electron chi connectivity index (χ0n) is 10.9. The summed E-state index contributed by atoms with van der Waals surface area (Å²) in [5, 5.41) is 15.3. The van der Waals surface area contributed by atoms with Crippen molar-refractivity contribution in [1.29, 1.82) is 0 Å². The molecular weight excluding hydrogens is 242 g/mol. The standard InChI is InChI=1S/C14H15N3O2/c1-11-13(10-16(2)15-11)9-14(17(18)19)8-12-6-4-3-5-7-12/h3-7,9-10H,8H2,1-2H3/b14-9-. The van der Waals surface area contributed by atoms with Gasteiger partial charge >= 0.3 is 0 Å². The number of allylic oxidation sites excluding steroid dienone is 1. The average Bonchev–Trinajstić information content (AvgIpc) is 2.68. The van der Waals surface area contributed by atoms with Crippen LogP contribution in [0, 0.1) is 17.0 Å². The van der Waals surface area contributed by atoms with Crippen molar-refractivity contribution >= 4 is 6.08 Å². The van der Waals surface area contributed by atoms with Gasteiger partial charge in [0.2, 0.25) is 0 Å². The van der Waals surface area contributed by atoms with E-state index in [1.54, 1.807) is 24.0 Å². The molecule has 0 saturated heterocycles. The highest BCUT2D eigenvalue weighted by Gasteiger charge is 2.13. The minimum Gasteiger partial charge on any atom is -0.275 e. The lowest BCUT2D eigenvalue weighted by Crippen LogP contribution is -2.02. The lowest BCUT2D eigenvalue weighted by Gasteiger charge is -1.99. The third-order valence-corrected chi connectivity index (χ3v) is 2.84. The van der Waals surface area contributed by atoms with Gasteiger partial charge in [-0.2, -0.15) is 5.10 Å². The highest BCUT2D eigenvalue weighted by atomic mass is 16.6. The molecule has 5 heteroatoms. The number of hydrogen-bond acceptors (Lipinski definition) is 3. The molecule has 1 heterocycles. The van der Waals surface area contributed by atoms with Gasteiger partial charge in [0.15, 0.2) is 0 Å². The first-order chi connectivity index (χ1) is 9.06. The molecule has 0 aliphatic rings. The van der Waals surface area contributed by atoms with Gasteiger partial charge in [0.05, 0.1) is 17.0 Å². The highest BCUT2D eigenvalue weighted by molar-refractivity contribution is 5.53. The molecule has 2 aromatic rings. The lowest BCUT2D eigenvalue weighted by molar-refractivity contribution is -0.425. The van der Waals surface area contributed by atoms with E-state index in [2.05, 4.69) is 5.10 Å². The molecule has 0 spiro atoms. The first-order valence-electron chi connectivity index (χ1n) is 5.95. The maximum Gasteiger partial charge on any atom is 0.251 e. The molecule has 0 unspecified atom stereocenters.